The van der Waals surface area contributed by atoms with E-state index in [9.17, 15) is 9.59 Å². The highest BCUT2D eigenvalue weighted by Gasteiger charge is 2.21. The molecule has 0 fully saturated rings. The largest absolute Gasteiger partial charge is 0.489 e. The summed E-state index contributed by atoms with van der Waals surface area (Å²) < 4.78 is 11.0. The van der Waals surface area contributed by atoms with Gasteiger partial charge in [-0.1, -0.05) is 45.8 Å². The second-order valence-electron chi connectivity index (χ2n) is 5.14. The van der Waals surface area contributed by atoms with E-state index in [1.807, 2.05) is 32.0 Å². The van der Waals surface area contributed by atoms with Crippen molar-refractivity contribution in [2.45, 2.75) is 20.5 Å². The maximum atomic E-state index is 12.1. The third-order valence-corrected chi connectivity index (χ3v) is 4.18. The molecule has 2 rings (SSSR count). The minimum Gasteiger partial charge on any atom is -0.489 e. The molecule has 0 atom stereocenters. The van der Waals surface area contributed by atoms with Crippen LogP contribution in [0.5, 0.6) is 5.75 Å². The standard InChI is InChI=1S/C18H17BrO4/c1-11-7-8-16(12(2)9-11)23-10-14-13(5-4-6-15(14)19)17(20)18(21)22-3/h4-9H,10H2,1-3H3. The van der Waals surface area contributed by atoms with Gasteiger partial charge >= 0.3 is 5.97 Å². The minimum absolute atomic E-state index is 0.170. The molecule has 0 saturated heterocycles. The van der Waals surface area contributed by atoms with Crippen LogP contribution in [0.2, 0.25) is 0 Å². The van der Waals surface area contributed by atoms with Gasteiger partial charge in [0.25, 0.3) is 5.78 Å². The molecule has 2 aromatic rings. The van der Waals surface area contributed by atoms with Gasteiger partial charge in [-0.3, -0.25) is 4.79 Å². The summed E-state index contributed by atoms with van der Waals surface area (Å²) in [4.78, 5) is 23.6. The van der Waals surface area contributed by atoms with Crippen LogP contribution in [0.3, 0.4) is 0 Å². The average molecular weight is 377 g/mol. The molecule has 0 spiro atoms. The van der Waals surface area contributed by atoms with Crippen molar-refractivity contribution in [3.05, 3.63) is 63.1 Å². The van der Waals surface area contributed by atoms with E-state index >= 15 is 0 Å². The topological polar surface area (TPSA) is 52.6 Å². The monoisotopic (exact) mass is 376 g/mol. The lowest BCUT2D eigenvalue weighted by Gasteiger charge is -2.13. The summed E-state index contributed by atoms with van der Waals surface area (Å²) >= 11 is 3.41. The van der Waals surface area contributed by atoms with Crippen LogP contribution < -0.4 is 4.74 Å². The fraction of sp³-hybridized carbons (Fsp3) is 0.222. The van der Waals surface area contributed by atoms with Crippen molar-refractivity contribution in [3.63, 3.8) is 0 Å². The lowest BCUT2D eigenvalue weighted by atomic mass is 10.0. The van der Waals surface area contributed by atoms with E-state index in [0.29, 0.717) is 10.0 Å². The summed E-state index contributed by atoms with van der Waals surface area (Å²) in [5.74, 6) is -0.841. The molecule has 0 aliphatic rings. The molecule has 120 valence electrons. The zero-order valence-electron chi connectivity index (χ0n) is 13.2. The van der Waals surface area contributed by atoms with Crippen molar-refractivity contribution in [3.8, 4) is 5.75 Å². The molecular formula is C18H17BrO4. The molecule has 0 saturated carbocycles. The van der Waals surface area contributed by atoms with E-state index in [-0.39, 0.29) is 12.2 Å². The van der Waals surface area contributed by atoms with Gasteiger partial charge in [0.05, 0.1) is 7.11 Å². The maximum Gasteiger partial charge on any atom is 0.379 e. The van der Waals surface area contributed by atoms with Crippen molar-refractivity contribution in [1.82, 2.24) is 0 Å². The van der Waals surface area contributed by atoms with E-state index in [2.05, 4.69) is 20.7 Å². The number of carbonyl (C=O) groups excluding carboxylic acids is 2. The van der Waals surface area contributed by atoms with Gasteiger partial charge in [0.2, 0.25) is 0 Å². The zero-order valence-corrected chi connectivity index (χ0v) is 14.8. The van der Waals surface area contributed by atoms with Crippen molar-refractivity contribution in [1.29, 1.82) is 0 Å². The number of carbonyl (C=O) groups is 2. The van der Waals surface area contributed by atoms with Gasteiger partial charge < -0.3 is 9.47 Å². The predicted octanol–water partition coefficient (Wildman–Crippen LogP) is 4.00. The number of Topliss-reactive ketones (excluding diaryl/α,β-unsaturated/α-hetero) is 1. The SMILES string of the molecule is COC(=O)C(=O)c1cccc(Br)c1COc1ccc(C)cc1C. The molecular weight excluding hydrogens is 360 g/mol. The van der Waals surface area contributed by atoms with E-state index in [1.54, 1.807) is 18.2 Å². The number of hydrogen-bond donors (Lipinski definition) is 0. The maximum absolute atomic E-state index is 12.1. The van der Waals surface area contributed by atoms with Crippen LogP contribution in [0.1, 0.15) is 27.0 Å². The molecule has 0 amide bonds. The highest BCUT2D eigenvalue weighted by molar-refractivity contribution is 9.10. The Bertz CT molecular complexity index is 753. The number of hydrogen-bond acceptors (Lipinski definition) is 4. The molecule has 0 aliphatic carbocycles. The summed E-state index contributed by atoms with van der Waals surface area (Å²) in [6.45, 7) is 4.14. The molecule has 4 nitrogen and oxygen atoms in total. The van der Waals surface area contributed by atoms with Crippen LogP contribution in [0.15, 0.2) is 40.9 Å². The lowest BCUT2D eigenvalue weighted by Crippen LogP contribution is -2.18. The Balaban J connectivity index is 2.29. The first-order chi connectivity index (χ1) is 10.9. The van der Waals surface area contributed by atoms with Gasteiger partial charge in [0.15, 0.2) is 0 Å². The smallest absolute Gasteiger partial charge is 0.379 e. The summed E-state index contributed by atoms with van der Waals surface area (Å²) in [5, 5.41) is 0. The van der Waals surface area contributed by atoms with Crippen molar-refractivity contribution >= 4 is 27.7 Å². The zero-order chi connectivity index (χ0) is 17.0. The summed E-state index contributed by atoms with van der Waals surface area (Å²) in [7, 11) is 1.18. The first-order valence-electron chi connectivity index (χ1n) is 7.04. The molecule has 0 aliphatic heterocycles. The van der Waals surface area contributed by atoms with Gasteiger partial charge in [0.1, 0.15) is 12.4 Å². The first-order valence-corrected chi connectivity index (χ1v) is 7.83. The van der Waals surface area contributed by atoms with E-state index in [1.165, 1.54) is 7.11 Å². The Morgan fingerprint density at radius 1 is 1.13 bits per heavy atom. The Hall–Kier alpha value is -2.14. The Kier molecular flexibility index (Phi) is 5.55. The lowest BCUT2D eigenvalue weighted by molar-refractivity contribution is -0.135. The van der Waals surface area contributed by atoms with Crippen molar-refractivity contribution in [2.75, 3.05) is 7.11 Å². The van der Waals surface area contributed by atoms with Crippen LogP contribution in [0.4, 0.5) is 0 Å². The van der Waals surface area contributed by atoms with Gasteiger partial charge in [-0.25, -0.2) is 4.79 Å². The highest BCUT2D eigenvalue weighted by atomic mass is 79.9. The van der Waals surface area contributed by atoms with E-state index in [0.717, 1.165) is 16.9 Å². The van der Waals surface area contributed by atoms with Gasteiger partial charge in [-0.05, 0) is 31.5 Å². The summed E-state index contributed by atoms with van der Waals surface area (Å²) in [5.41, 5.74) is 3.05. The van der Waals surface area contributed by atoms with Gasteiger partial charge in [-0.15, -0.1) is 0 Å². The van der Waals surface area contributed by atoms with Crippen LogP contribution in [-0.4, -0.2) is 18.9 Å². The van der Waals surface area contributed by atoms with Crippen molar-refractivity contribution in [2.24, 2.45) is 0 Å². The number of methoxy groups -OCH3 is 1. The third-order valence-electron chi connectivity index (χ3n) is 3.44. The molecule has 0 N–H and O–H groups in total. The molecule has 0 bridgehead atoms. The summed E-state index contributed by atoms with van der Waals surface area (Å²) in [6, 6.07) is 11.0. The fourth-order valence-electron chi connectivity index (χ4n) is 2.23. The Morgan fingerprint density at radius 2 is 1.87 bits per heavy atom. The molecule has 0 radical (unpaired) electrons. The van der Waals surface area contributed by atoms with Gasteiger partial charge in [-0.2, -0.15) is 0 Å². The molecule has 0 heterocycles. The predicted molar refractivity (Wildman–Crippen MR) is 90.7 cm³/mol. The molecule has 23 heavy (non-hydrogen) atoms. The van der Waals surface area contributed by atoms with Crippen molar-refractivity contribution < 1.29 is 19.1 Å². The van der Waals surface area contributed by atoms with E-state index < -0.39 is 11.8 Å². The Labute approximate surface area is 143 Å². The van der Waals surface area contributed by atoms with Crippen LogP contribution in [-0.2, 0) is 16.1 Å². The first kappa shape index (κ1) is 17.2. The summed E-state index contributed by atoms with van der Waals surface area (Å²) in [6.07, 6.45) is 0. The number of rotatable bonds is 5. The quantitative estimate of drug-likeness (QED) is 0.449. The van der Waals surface area contributed by atoms with E-state index in [4.69, 9.17) is 4.74 Å². The van der Waals surface area contributed by atoms with Crippen LogP contribution in [0, 0.1) is 13.8 Å². The Morgan fingerprint density at radius 3 is 2.52 bits per heavy atom. The van der Waals surface area contributed by atoms with Crippen LogP contribution >= 0.6 is 15.9 Å². The number of benzene rings is 2. The van der Waals surface area contributed by atoms with Gasteiger partial charge in [0, 0.05) is 15.6 Å². The number of ether oxygens (including phenoxy) is 2. The highest BCUT2D eigenvalue weighted by Crippen LogP contribution is 2.25. The van der Waals surface area contributed by atoms with Crippen LogP contribution in [0.25, 0.3) is 0 Å². The normalized spacial score (nSPS) is 10.3. The second-order valence-corrected chi connectivity index (χ2v) is 6.00. The second kappa shape index (κ2) is 7.42. The number of aryl methyl sites for hydroxylation is 2. The molecule has 5 heteroatoms. The molecule has 2 aromatic carbocycles. The fourth-order valence-corrected chi connectivity index (χ4v) is 2.71. The number of ketones is 1. The third kappa shape index (κ3) is 3.99. The molecule has 0 unspecified atom stereocenters. The molecule has 0 aromatic heterocycles. The number of esters is 1. The average Bonchev–Trinajstić information content (AvgIpc) is 2.53. The minimum atomic E-state index is -0.893. The number of halogens is 1.